The van der Waals surface area contributed by atoms with Gasteiger partial charge < -0.3 is 0 Å². The van der Waals surface area contributed by atoms with Crippen molar-refractivity contribution in [1.82, 2.24) is 0 Å². The Labute approximate surface area is 112 Å². The third-order valence-electron chi connectivity index (χ3n) is 3.04. The molecule has 0 aliphatic rings. The minimum absolute atomic E-state index is 0.0228. The lowest BCUT2D eigenvalue weighted by Crippen LogP contribution is -2.10. The van der Waals surface area contributed by atoms with Crippen molar-refractivity contribution >= 4 is 5.78 Å². The maximum Gasteiger partial charge on any atom is 0.199 e. The summed E-state index contributed by atoms with van der Waals surface area (Å²) >= 11 is 0. The first-order valence-corrected chi connectivity index (χ1v) is 5.78. The number of ketones is 1. The van der Waals surface area contributed by atoms with E-state index in [0.29, 0.717) is 0 Å². The highest BCUT2D eigenvalue weighted by Crippen LogP contribution is 2.22. The normalized spacial score (nSPS) is 10.7. The summed E-state index contributed by atoms with van der Waals surface area (Å²) in [6.07, 6.45) is 0. The molecule has 0 saturated heterocycles. The zero-order chi connectivity index (χ0) is 15.0. The predicted octanol–water partition coefficient (Wildman–Crippen LogP) is 4.09. The summed E-state index contributed by atoms with van der Waals surface area (Å²) in [7, 11) is 0. The zero-order valence-electron chi connectivity index (χ0n) is 10.7. The minimum Gasteiger partial charge on any atom is -0.288 e. The van der Waals surface area contributed by atoms with Crippen LogP contribution in [0.15, 0.2) is 24.3 Å². The van der Waals surface area contributed by atoms with Gasteiger partial charge in [0.05, 0.1) is 11.1 Å². The second-order valence-corrected chi connectivity index (χ2v) is 4.45. The smallest absolute Gasteiger partial charge is 0.199 e. The second kappa shape index (κ2) is 5.07. The summed E-state index contributed by atoms with van der Waals surface area (Å²) in [5, 5.41) is 0. The van der Waals surface area contributed by atoms with E-state index in [0.717, 1.165) is 12.1 Å². The molecule has 0 radical (unpaired) electrons. The lowest BCUT2D eigenvalue weighted by Gasteiger charge is -2.07. The summed E-state index contributed by atoms with van der Waals surface area (Å²) < 4.78 is 54.2. The third kappa shape index (κ3) is 2.19. The van der Waals surface area contributed by atoms with E-state index >= 15 is 0 Å². The molecule has 0 amide bonds. The van der Waals surface area contributed by atoms with Crippen molar-refractivity contribution in [2.45, 2.75) is 13.8 Å². The van der Waals surface area contributed by atoms with Crippen molar-refractivity contribution in [2.75, 3.05) is 0 Å². The number of halogens is 4. The van der Waals surface area contributed by atoms with Gasteiger partial charge in [0.25, 0.3) is 0 Å². The molecule has 2 rings (SSSR count). The van der Waals surface area contributed by atoms with Crippen LogP contribution in [-0.4, -0.2) is 5.78 Å². The molecule has 1 nitrogen and oxygen atoms in total. The van der Waals surface area contributed by atoms with Crippen molar-refractivity contribution in [3.05, 3.63) is 69.8 Å². The maximum atomic E-state index is 13.7. The Morgan fingerprint density at radius 1 is 0.700 bits per heavy atom. The summed E-state index contributed by atoms with van der Waals surface area (Å²) in [6.45, 7) is 2.66. The van der Waals surface area contributed by atoms with Crippen molar-refractivity contribution < 1.29 is 22.4 Å². The summed E-state index contributed by atoms with van der Waals surface area (Å²) in [5.41, 5.74) is -1.21. The molecule has 20 heavy (non-hydrogen) atoms. The van der Waals surface area contributed by atoms with E-state index in [4.69, 9.17) is 0 Å². The largest absolute Gasteiger partial charge is 0.288 e. The minimum atomic E-state index is -1.37. The van der Waals surface area contributed by atoms with E-state index in [1.54, 1.807) is 0 Å². The molecule has 0 bridgehead atoms. The van der Waals surface area contributed by atoms with Gasteiger partial charge in [-0.25, -0.2) is 17.6 Å². The maximum absolute atomic E-state index is 13.7. The van der Waals surface area contributed by atoms with E-state index in [1.807, 2.05) is 0 Å². The Kier molecular flexibility index (Phi) is 3.61. The number of carbonyl (C=O) groups is 1. The van der Waals surface area contributed by atoms with Gasteiger partial charge in [-0.2, -0.15) is 0 Å². The molecule has 0 heterocycles. The van der Waals surface area contributed by atoms with Gasteiger partial charge in [-0.3, -0.25) is 4.79 Å². The summed E-state index contributed by atoms with van der Waals surface area (Å²) in [5.74, 6) is -6.18. The van der Waals surface area contributed by atoms with Gasteiger partial charge in [0, 0.05) is 0 Å². The number of benzene rings is 2. The van der Waals surface area contributed by atoms with E-state index in [1.165, 1.54) is 26.0 Å². The Morgan fingerprint density at radius 3 is 1.40 bits per heavy atom. The van der Waals surface area contributed by atoms with Crippen LogP contribution in [0.3, 0.4) is 0 Å². The van der Waals surface area contributed by atoms with Crippen molar-refractivity contribution in [2.24, 2.45) is 0 Å². The monoisotopic (exact) mass is 282 g/mol. The van der Waals surface area contributed by atoms with Crippen LogP contribution >= 0.6 is 0 Å². The van der Waals surface area contributed by atoms with Crippen LogP contribution in [-0.2, 0) is 0 Å². The van der Waals surface area contributed by atoms with Crippen LogP contribution < -0.4 is 0 Å². The number of carbonyl (C=O) groups excluding carboxylic acids is 1. The summed E-state index contributed by atoms with van der Waals surface area (Å²) in [6, 6.07) is 4.50. The topological polar surface area (TPSA) is 17.1 Å². The Balaban J connectivity index is 2.58. The standard InChI is InChI=1S/C15H10F4O/c1-7-3-5-9(13(18)11(7)16)15(20)10-6-4-8(2)12(17)14(10)19/h3-6H,1-2H3. The zero-order valence-corrected chi connectivity index (χ0v) is 10.7. The van der Waals surface area contributed by atoms with Gasteiger partial charge in [-0.15, -0.1) is 0 Å². The number of rotatable bonds is 2. The van der Waals surface area contributed by atoms with Gasteiger partial charge in [-0.05, 0) is 37.1 Å². The molecule has 0 aromatic heterocycles. The summed E-state index contributed by atoms with van der Waals surface area (Å²) in [4.78, 5) is 12.0. The van der Waals surface area contributed by atoms with Gasteiger partial charge in [0.1, 0.15) is 0 Å². The van der Waals surface area contributed by atoms with Crippen LogP contribution in [0.1, 0.15) is 27.0 Å². The lowest BCUT2D eigenvalue weighted by atomic mass is 9.99. The molecule has 2 aromatic carbocycles. The molecule has 104 valence electrons. The SMILES string of the molecule is Cc1ccc(C(=O)c2ccc(C)c(F)c2F)c(F)c1F. The van der Waals surface area contributed by atoms with E-state index < -0.39 is 40.2 Å². The molecule has 0 fully saturated rings. The molecule has 0 N–H and O–H groups in total. The van der Waals surface area contributed by atoms with Gasteiger partial charge in [0.15, 0.2) is 29.1 Å². The fraction of sp³-hybridized carbons (Fsp3) is 0.133. The molecule has 0 unspecified atom stereocenters. The van der Waals surface area contributed by atoms with Crippen molar-refractivity contribution in [3.63, 3.8) is 0 Å². The van der Waals surface area contributed by atoms with Crippen LogP contribution in [0.5, 0.6) is 0 Å². The molecule has 0 aliphatic carbocycles. The van der Waals surface area contributed by atoms with Gasteiger partial charge in [0.2, 0.25) is 0 Å². The average Bonchev–Trinajstić information content (AvgIpc) is 2.42. The van der Waals surface area contributed by atoms with Gasteiger partial charge >= 0.3 is 0 Å². The van der Waals surface area contributed by atoms with Crippen LogP contribution in [0.25, 0.3) is 0 Å². The van der Waals surface area contributed by atoms with Crippen LogP contribution in [0.4, 0.5) is 17.6 Å². The first-order chi connectivity index (χ1) is 9.34. The number of aryl methyl sites for hydroxylation is 2. The van der Waals surface area contributed by atoms with E-state index in [2.05, 4.69) is 0 Å². The highest BCUT2D eigenvalue weighted by Gasteiger charge is 2.23. The molecular formula is C15H10F4O. The second-order valence-electron chi connectivity index (χ2n) is 4.45. The average molecular weight is 282 g/mol. The molecule has 2 aromatic rings. The Bertz CT molecular complexity index is 648. The lowest BCUT2D eigenvalue weighted by molar-refractivity contribution is 0.102. The molecule has 0 spiro atoms. The highest BCUT2D eigenvalue weighted by atomic mass is 19.2. The molecule has 5 heteroatoms. The van der Waals surface area contributed by atoms with E-state index in [9.17, 15) is 22.4 Å². The van der Waals surface area contributed by atoms with Gasteiger partial charge in [-0.1, -0.05) is 12.1 Å². The fourth-order valence-corrected chi connectivity index (χ4v) is 1.79. The first-order valence-electron chi connectivity index (χ1n) is 5.78. The molecule has 0 saturated carbocycles. The highest BCUT2D eigenvalue weighted by molar-refractivity contribution is 6.09. The quantitative estimate of drug-likeness (QED) is 0.599. The molecular weight excluding hydrogens is 272 g/mol. The Morgan fingerprint density at radius 2 is 1.05 bits per heavy atom. The Hall–Kier alpha value is -2.17. The number of hydrogen-bond acceptors (Lipinski definition) is 1. The molecule has 0 aliphatic heterocycles. The molecule has 0 atom stereocenters. The fourth-order valence-electron chi connectivity index (χ4n) is 1.79. The van der Waals surface area contributed by atoms with Crippen molar-refractivity contribution in [3.8, 4) is 0 Å². The van der Waals surface area contributed by atoms with E-state index in [-0.39, 0.29) is 11.1 Å². The third-order valence-corrected chi connectivity index (χ3v) is 3.04. The first kappa shape index (κ1) is 14.2. The van der Waals surface area contributed by atoms with Crippen LogP contribution in [0.2, 0.25) is 0 Å². The predicted molar refractivity (Wildman–Crippen MR) is 65.6 cm³/mol. The van der Waals surface area contributed by atoms with Crippen LogP contribution in [0, 0.1) is 37.1 Å². The number of hydrogen-bond donors (Lipinski definition) is 0. The van der Waals surface area contributed by atoms with Crippen molar-refractivity contribution in [1.29, 1.82) is 0 Å².